The summed E-state index contributed by atoms with van der Waals surface area (Å²) in [5.41, 5.74) is 3.61. The highest BCUT2D eigenvalue weighted by Crippen LogP contribution is 2.11. The highest BCUT2D eigenvalue weighted by atomic mass is 32.1. The molecule has 1 N–H and O–H groups in total. The smallest absolute Gasteiger partial charge is 0.300 e. The van der Waals surface area contributed by atoms with Crippen molar-refractivity contribution >= 4 is 31.2 Å². The van der Waals surface area contributed by atoms with Crippen molar-refractivity contribution < 1.29 is 18.7 Å². The Balaban J connectivity index is 0.000000383. The van der Waals surface area contributed by atoms with Crippen LogP contribution in [0.15, 0.2) is 36.4 Å². The average molecular weight is 387 g/mol. The van der Waals surface area contributed by atoms with Gasteiger partial charge in [0, 0.05) is 12.7 Å². The van der Waals surface area contributed by atoms with Crippen molar-refractivity contribution in [3.8, 4) is 0 Å². The minimum absolute atomic E-state index is 0.121. The van der Waals surface area contributed by atoms with Crippen molar-refractivity contribution in [1.29, 1.82) is 0 Å². The molecular weight excluding hydrogens is 362 g/mol. The van der Waals surface area contributed by atoms with Crippen LogP contribution in [0.25, 0.3) is 0 Å². The van der Waals surface area contributed by atoms with Gasteiger partial charge in [0.1, 0.15) is 11.6 Å². The minimum atomic E-state index is -0.833. The SMILES string of the molecule is CC(=O)O.Cc1ccc(F)c(CCS)c1.Cc1ccc(F)c(CS)c1. The van der Waals surface area contributed by atoms with E-state index in [9.17, 15) is 8.78 Å². The van der Waals surface area contributed by atoms with Gasteiger partial charge < -0.3 is 5.11 Å². The Kier molecular flexibility index (Phi) is 12.0. The molecule has 2 rings (SSSR count). The fourth-order valence-corrected chi connectivity index (χ4v) is 2.32. The molecule has 2 aromatic carbocycles. The van der Waals surface area contributed by atoms with Gasteiger partial charge in [0.2, 0.25) is 0 Å². The molecule has 0 aromatic heterocycles. The Bertz CT molecular complexity index is 672. The molecule has 0 fully saturated rings. The molecule has 0 amide bonds. The van der Waals surface area contributed by atoms with Crippen LogP contribution in [0.2, 0.25) is 0 Å². The number of carbonyl (C=O) groups is 1. The van der Waals surface area contributed by atoms with Crippen LogP contribution < -0.4 is 0 Å². The number of thiol groups is 2. The van der Waals surface area contributed by atoms with E-state index in [2.05, 4.69) is 25.3 Å². The maximum atomic E-state index is 12.9. The number of rotatable bonds is 3. The number of aryl methyl sites for hydroxylation is 3. The van der Waals surface area contributed by atoms with Crippen LogP contribution in [0.3, 0.4) is 0 Å². The van der Waals surface area contributed by atoms with Crippen molar-refractivity contribution in [1.82, 2.24) is 0 Å². The highest BCUT2D eigenvalue weighted by molar-refractivity contribution is 7.80. The van der Waals surface area contributed by atoms with Crippen LogP contribution in [0.4, 0.5) is 8.78 Å². The molecule has 0 aliphatic heterocycles. The van der Waals surface area contributed by atoms with E-state index in [1.165, 1.54) is 12.1 Å². The second-order valence-electron chi connectivity index (χ2n) is 5.34. The largest absolute Gasteiger partial charge is 0.481 e. The number of benzene rings is 2. The zero-order valence-electron chi connectivity index (χ0n) is 14.6. The highest BCUT2D eigenvalue weighted by Gasteiger charge is 1.99. The Morgan fingerprint density at radius 3 is 1.72 bits per heavy atom. The number of carboxylic acids is 1. The minimum Gasteiger partial charge on any atom is -0.481 e. The monoisotopic (exact) mass is 386 g/mol. The zero-order valence-corrected chi connectivity index (χ0v) is 16.4. The Morgan fingerprint density at radius 2 is 1.36 bits per heavy atom. The lowest BCUT2D eigenvalue weighted by Gasteiger charge is -2.01. The normalized spacial score (nSPS) is 9.40. The third kappa shape index (κ3) is 10.8. The van der Waals surface area contributed by atoms with Gasteiger partial charge in [-0.3, -0.25) is 4.79 Å². The predicted octanol–water partition coefficient (Wildman–Crippen LogP) is 5.26. The van der Waals surface area contributed by atoms with Crippen LogP contribution in [-0.4, -0.2) is 16.8 Å². The molecule has 6 heteroatoms. The van der Waals surface area contributed by atoms with Crippen molar-refractivity contribution in [3.63, 3.8) is 0 Å². The molecule has 0 atom stereocenters. The van der Waals surface area contributed by atoms with Crippen LogP contribution in [-0.2, 0) is 17.0 Å². The topological polar surface area (TPSA) is 37.3 Å². The summed E-state index contributed by atoms with van der Waals surface area (Å²) in [6.45, 7) is 4.98. The third-order valence-electron chi connectivity index (χ3n) is 2.95. The molecule has 0 saturated heterocycles. The van der Waals surface area contributed by atoms with Gasteiger partial charge in [0.25, 0.3) is 5.97 Å². The Labute approximate surface area is 159 Å². The lowest BCUT2D eigenvalue weighted by Crippen LogP contribution is -1.91. The van der Waals surface area contributed by atoms with Crippen LogP contribution >= 0.6 is 25.3 Å². The number of aliphatic carboxylic acids is 1. The first-order valence-corrected chi connectivity index (χ1v) is 8.89. The number of hydrogen-bond donors (Lipinski definition) is 3. The lowest BCUT2D eigenvalue weighted by atomic mass is 10.1. The van der Waals surface area contributed by atoms with Gasteiger partial charge in [-0.25, -0.2) is 8.78 Å². The summed E-state index contributed by atoms with van der Waals surface area (Å²) in [6, 6.07) is 10.2. The maximum Gasteiger partial charge on any atom is 0.300 e. The molecule has 0 radical (unpaired) electrons. The van der Waals surface area contributed by atoms with E-state index < -0.39 is 5.97 Å². The molecular formula is C19H24F2O2S2. The first-order valence-electron chi connectivity index (χ1n) is 7.62. The van der Waals surface area contributed by atoms with E-state index in [0.717, 1.165) is 23.6 Å². The lowest BCUT2D eigenvalue weighted by molar-refractivity contribution is -0.134. The molecule has 0 bridgehead atoms. The summed E-state index contributed by atoms with van der Waals surface area (Å²) in [4.78, 5) is 9.00. The molecule has 138 valence electrons. The summed E-state index contributed by atoms with van der Waals surface area (Å²) >= 11 is 8.03. The summed E-state index contributed by atoms with van der Waals surface area (Å²) in [6.07, 6.45) is 0.705. The number of hydrogen-bond acceptors (Lipinski definition) is 3. The third-order valence-corrected chi connectivity index (χ3v) is 3.52. The van der Waals surface area contributed by atoms with E-state index in [0.29, 0.717) is 23.5 Å². The molecule has 0 aliphatic rings. The van der Waals surface area contributed by atoms with E-state index in [1.807, 2.05) is 26.0 Å². The van der Waals surface area contributed by atoms with Crippen LogP contribution in [0.1, 0.15) is 29.2 Å². The Hall–Kier alpha value is -1.53. The first kappa shape index (κ1) is 23.5. The fourth-order valence-electron chi connectivity index (χ4n) is 1.84. The van der Waals surface area contributed by atoms with Crippen LogP contribution in [0.5, 0.6) is 0 Å². The summed E-state index contributed by atoms with van der Waals surface area (Å²) in [5.74, 6) is 0.0405. The molecule has 0 saturated carbocycles. The van der Waals surface area contributed by atoms with Gasteiger partial charge >= 0.3 is 0 Å². The second-order valence-corrected chi connectivity index (χ2v) is 6.10. The van der Waals surface area contributed by atoms with Gasteiger partial charge in [-0.2, -0.15) is 25.3 Å². The summed E-state index contributed by atoms with van der Waals surface area (Å²) < 4.78 is 25.6. The Morgan fingerprint density at radius 1 is 0.960 bits per heavy atom. The molecule has 2 aromatic rings. The van der Waals surface area contributed by atoms with E-state index in [-0.39, 0.29) is 11.6 Å². The number of halogens is 2. The average Bonchev–Trinajstić information content (AvgIpc) is 2.53. The van der Waals surface area contributed by atoms with Crippen molar-refractivity contribution in [2.45, 2.75) is 32.9 Å². The quantitative estimate of drug-likeness (QED) is 0.629. The van der Waals surface area contributed by atoms with Crippen LogP contribution in [0, 0.1) is 25.5 Å². The summed E-state index contributed by atoms with van der Waals surface area (Å²) in [7, 11) is 0. The van der Waals surface area contributed by atoms with Gasteiger partial charge in [0.15, 0.2) is 0 Å². The van der Waals surface area contributed by atoms with E-state index >= 15 is 0 Å². The standard InChI is InChI=1S/C9H11FS.C8H9FS.C2H4O2/c1-7-2-3-9(10)8(6-7)4-5-11;1-6-2-3-8(9)7(4-6)5-10;1-2(3)4/h2-3,6,11H,4-5H2,1H3;2-4,10H,5H2,1H3;1H3,(H,3,4). The van der Waals surface area contributed by atoms with Gasteiger partial charge in [-0.1, -0.05) is 35.4 Å². The molecule has 0 unspecified atom stereocenters. The molecule has 25 heavy (non-hydrogen) atoms. The van der Waals surface area contributed by atoms with Crippen molar-refractivity contribution in [2.75, 3.05) is 5.75 Å². The van der Waals surface area contributed by atoms with Crippen molar-refractivity contribution in [3.05, 3.63) is 70.3 Å². The fraction of sp³-hybridized carbons (Fsp3) is 0.316. The van der Waals surface area contributed by atoms with Gasteiger partial charge in [-0.05, 0) is 49.3 Å². The van der Waals surface area contributed by atoms with Gasteiger partial charge in [-0.15, -0.1) is 0 Å². The second kappa shape index (κ2) is 12.8. The van der Waals surface area contributed by atoms with Gasteiger partial charge in [0.05, 0.1) is 0 Å². The van der Waals surface area contributed by atoms with Crippen molar-refractivity contribution in [2.24, 2.45) is 0 Å². The first-order chi connectivity index (χ1) is 11.7. The summed E-state index contributed by atoms with van der Waals surface area (Å²) in [5, 5.41) is 7.42. The zero-order chi connectivity index (χ0) is 19.4. The molecule has 2 nitrogen and oxygen atoms in total. The van der Waals surface area contributed by atoms with E-state index in [1.54, 1.807) is 12.1 Å². The predicted molar refractivity (Wildman–Crippen MR) is 106 cm³/mol. The molecule has 0 heterocycles. The molecule has 0 spiro atoms. The number of carboxylic acid groups (broad SMARTS) is 1. The van der Waals surface area contributed by atoms with E-state index in [4.69, 9.17) is 9.90 Å². The maximum absolute atomic E-state index is 12.9. The molecule has 0 aliphatic carbocycles.